The number of carbonyl (C=O) groups excluding carboxylic acids is 2. The van der Waals surface area contributed by atoms with E-state index in [-0.39, 0.29) is 12.6 Å². The molecule has 3 N–H and O–H groups in total. The molecule has 8 heteroatoms. The van der Waals surface area contributed by atoms with Crippen molar-refractivity contribution in [3.63, 3.8) is 0 Å². The summed E-state index contributed by atoms with van der Waals surface area (Å²) >= 11 is 0. The Morgan fingerprint density at radius 3 is 2.48 bits per heavy atom. The first-order valence-electron chi connectivity index (χ1n) is 8.18. The first-order chi connectivity index (χ1) is 13.0. The summed E-state index contributed by atoms with van der Waals surface area (Å²) in [4.78, 5) is 24.9. The summed E-state index contributed by atoms with van der Waals surface area (Å²) in [5, 5.41) is 7.23. The molecule has 27 heavy (non-hydrogen) atoms. The van der Waals surface area contributed by atoms with E-state index in [0.717, 1.165) is 17.8 Å². The van der Waals surface area contributed by atoms with Gasteiger partial charge in [-0.15, -0.1) is 0 Å². The largest absolute Gasteiger partial charge is 0.336 e. The average molecular weight is 370 g/mol. The first-order valence-corrected chi connectivity index (χ1v) is 8.18. The van der Waals surface area contributed by atoms with E-state index in [9.17, 15) is 18.4 Å². The van der Waals surface area contributed by atoms with Crippen molar-refractivity contribution in [2.45, 2.75) is 0 Å². The lowest BCUT2D eigenvalue weighted by atomic mass is 10.2. The number of nitrogens with one attached hydrogen (secondary N) is 3. The minimum Gasteiger partial charge on any atom is -0.336 e. The van der Waals surface area contributed by atoms with Gasteiger partial charge in [-0.1, -0.05) is 17.9 Å². The van der Waals surface area contributed by atoms with Crippen molar-refractivity contribution in [1.82, 2.24) is 10.6 Å². The quantitative estimate of drug-likeness (QED) is 0.727. The van der Waals surface area contributed by atoms with Crippen molar-refractivity contribution < 1.29 is 18.4 Å². The molecule has 4 amide bonds. The molecule has 3 rings (SSSR count). The molecule has 1 aliphatic heterocycles. The summed E-state index contributed by atoms with van der Waals surface area (Å²) in [5.74, 6) is 3.88. The molecule has 1 saturated heterocycles. The van der Waals surface area contributed by atoms with Gasteiger partial charge in [0.25, 0.3) is 0 Å². The number of amides is 4. The third-order valence-electron chi connectivity index (χ3n) is 3.81. The van der Waals surface area contributed by atoms with Gasteiger partial charge in [0.05, 0.1) is 6.54 Å². The van der Waals surface area contributed by atoms with Crippen LogP contribution in [-0.2, 0) is 0 Å². The number of para-hydroxylation sites is 1. The van der Waals surface area contributed by atoms with Crippen LogP contribution in [0.15, 0.2) is 42.5 Å². The number of anilines is 2. The minimum absolute atomic E-state index is 0.00180. The predicted molar refractivity (Wildman–Crippen MR) is 97.4 cm³/mol. The molecule has 0 saturated carbocycles. The van der Waals surface area contributed by atoms with Crippen molar-refractivity contribution in [3.8, 4) is 11.8 Å². The molecule has 1 aliphatic rings. The summed E-state index contributed by atoms with van der Waals surface area (Å²) in [7, 11) is 0. The second-order valence-corrected chi connectivity index (χ2v) is 5.64. The number of carbonyl (C=O) groups is 2. The molecule has 2 aromatic carbocycles. The van der Waals surface area contributed by atoms with Crippen LogP contribution >= 0.6 is 0 Å². The fraction of sp³-hybridized carbons (Fsp3) is 0.158. The molecular formula is C19H16F2N4O2. The third-order valence-corrected chi connectivity index (χ3v) is 3.81. The number of nitrogens with zero attached hydrogens (tertiary/aromatic N) is 1. The van der Waals surface area contributed by atoms with E-state index in [1.54, 1.807) is 29.2 Å². The van der Waals surface area contributed by atoms with E-state index in [4.69, 9.17) is 0 Å². The van der Waals surface area contributed by atoms with Gasteiger partial charge in [0.2, 0.25) is 0 Å². The van der Waals surface area contributed by atoms with Crippen LogP contribution < -0.4 is 20.9 Å². The molecule has 0 unspecified atom stereocenters. The van der Waals surface area contributed by atoms with Gasteiger partial charge >= 0.3 is 12.1 Å². The first kappa shape index (κ1) is 18.2. The zero-order valence-corrected chi connectivity index (χ0v) is 14.2. The smallest absolute Gasteiger partial charge is 0.321 e. The highest BCUT2D eigenvalue weighted by Crippen LogP contribution is 2.18. The molecule has 0 aliphatic carbocycles. The predicted octanol–water partition coefficient (Wildman–Crippen LogP) is 2.67. The van der Waals surface area contributed by atoms with Crippen LogP contribution in [0.4, 0.5) is 29.7 Å². The van der Waals surface area contributed by atoms with Crippen LogP contribution in [-0.4, -0.2) is 31.7 Å². The van der Waals surface area contributed by atoms with Crippen LogP contribution in [0.5, 0.6) is 0 Å². The minimum atomic E-state index is -0.858. The number of halogens is 2. The average Bonchev–Trinajstić information content (AvgIpc) is 3.08. The zero-order chi connectivity index (χ0) is 19.2. The molecule has 1 fully saturated rings. The molecule has 0 aromatic heterocycles. The van der Waals surface area contributed by atoms with Crippen LogP contribution in [0, 0.1) is 23.5 Å². The summed E-state index contributed by atoms with van der Waals surface area (Å²) in [6.07, 6.45) is 0. The van der Waals surface area contributed by atoms with E-state index in [1.165, 1.54) is 6.07 Å². The lowest BCUT2D eigenvalue weighted by Gasteiger charge is -2.13. The second kappa shape index (κ2) is 8.19. The van der Waals surface area contributed by atoms with Crippen molar-refractivity contribution in [3.05, 3.63) is 59.7 Å². The van der Waals surface area contributed by atoms with Crippen LogP contribution in [0.3, 0.4) is 0 Å². The molecule has 0 spiro atoms. The van der Waals surface area contributed by atoms with Crippen molar-refractivity contribution in [2.24, 2.45) is 0 Å². The van der Waals surface area contributed by atoms with Gasteiger partial charge in [0.15, 0.2) is 0 Å². The molecule has 1 heterocycles. The maximum atomic E-state index is 13.5. The maximum absolute atomic E-state index is 13.5. The second-order valence-electron chi connectivity index (χ2n) is 5.64. The SMILES string of the molecule is O=C(NCC#Cc1ccc(N2CCNC2=O)cc1)Nc1c(F)cccc1F. The fourth-order valence-electron chi connectivity index (χ4n) is 2.49. The number of urea groups is 2. The van der Waals surface area contributed by atoms with Gasteiger partial charge in [-0.2, -0.15) is 0 Å². The highest BCUT2D eigenvalue weighted by molar-refractivity contribution is 5.94. The molecular weight excluding hydrogens is 354 g/mol. The molecule has 2 aromatic rings. The Morgan fingerprint density at radius 1 is 1.15 bits per heavy atom. The molecule has 138 valence electrons. The summed E-state index contributed by atoms with van der Waals surface area (Å²) in [6, 6.07) is 9.53. The fourth-order valence-corrected chi connectivity index (χ4v) is 2.49. The van der Waals surface area contributed by atoms with Crippen molar-refractivity contribution in [2.75, 3.05) is 29.9 Å². The van der Waals surface area contributed by atoms with E-state index >= 15 is 0 Å². The maximum Gasteiger partial charge on any atom is 0.321 e. The summed E-state index contributed by atoms with van der Waals surface area (Å²) < 4.78 is 26.9. The highest BCUT2D eigenvalue weighted by Gasteiger charge is 2.20. The lowest BCUT2D eigenvalue weighted by molar-refractivity contribution is 0.251. The summed E-state index contributed by atoms with van der Waals surface area (Å²) in [6.45, 7) is 1.23. The highest BCUT2D eigenvalue weighted by atomic mass is 19.1. The van der Waals surface area contributed by atoms with Crippen molar-refractivity contribution in [1.29, 1.82) is 0 Å². The van der Waals surface area contributed by atoms with Gasteiger partial charge in [-0.3, -0.25) is 4.90 Å². The number of rotatable bonds is 3. The lowest BCUT2D eigenvalue weighted by Crippen LogP contribution is -2.29. The van der Waals surface area contributed by atoms with Gasteiger partial charge in [-0.25, -0.2) is 18.4 Å². The van der Waals surface area contributed by atoms with Gasteiger partial charge in [0, 0.05) is 24.3 Å². The standard InChI is InChI=1S/C19H16F2N4O2/c20-15-4-1-5-16(21)17(15)24-18(26)22-10-2-3-13-6-8-14(9-7-13)25-12-11-23-19(25)27/h1,4-9H,10-12H2,(H,23,27)(H2,22,24,26). The normalized spacial score (nSPS) is 12.8. The van der Waals surface area contributed by atoms with Crippen LogP contribution in [0.25, 0.3) is 0 Å². The number of benzene rings is 2. The Kier molecular flexibility index (Phi) is 5.52. The Morgan fingerprint density at radius 2 is 1.85 bits per heavy atom. The molecule has 0 radical (unpaired) electrons. The number of hydrogen-bond donors (Lipinski definition) is 3. The van der Waals surface area contributed by atoms with Gasteiger partial charge < -0.3 is 16.0 Å². The van der Waals surface area contributed by atoms with Crippen LogP contribution in [0.2, 0.25) is 0 Å². The van der Waals surface area contributed by atoms with E-state index in [2.05, 4.69) is 27.8 Å². The van der Waals surface area contributed by atoms with Gasteiger partial charge in [-0.05, 0) is 36.4 Å². The molecule has 0 bridgehead atoms. The van der Waals surface area contributed by atoms with E-state index in [1.807, 2.05) is 0 Å². The molecule has 0 atom stereocenters. The van der Waals surface area contributed by atoms with Gasteiger partial charge in [0.1, 0.15) is 17.3 Å². The number of hydrogen-bond acceptors (Lipinski definition) is 2. The van der Waals surface area contributed by atoms with E-state index in [0.29, 0.717) is 18.7 Å². The Hall–Kier alpha value is -3.60. The summed E-state index contributed by atoms with van der Waals surface area (Å²) in [5.41, 5.74) is 0.977. The topological polar surface area (TPSA) is 73.5 Å². The Bertz CT molecular complexity index is 899. The van der Waals surface area contributed by atoms with Crippen LogP contribution in [0.1, 0.15) is 5.56 Å². The van der Waals surface area contributed by atoms with E-state index < -0.39 is 23.4 Å². The Labute approximate surface area is 154 Å². The Balaban J connectivity index is 1.51. The van der Waals surface area contributed by atoms with Crippen molar-refractivity contribution >= 4 is 23.4 Å². The third kappa shape index (κ3) is 4.52. The monoisotopic (exact) mass is 370 g/mol. The zero-order valence-electron chi connectivity index (χ0n) is 14.2. The molecule has 6 nitrogen and oxygen atoms in total.